The van der Waals surface area contributed by atoms with Gasteiger partial charge in [0.1, 0.15) is 21.5 Å². The Bertz CT molecular complexity index is 1680. The second-order valence-electron chi connectivity index (χ2n) is 12.6. The first-order valence-corrected chi connectivity index (χ1v) is 17.6. The molecule has 0 fully saturated rings. The molecule has 0 heterocycles. The molecule has 4 aromatic rings. The third-order valence-electron chi connectivity index (χ3n) is 8.01. The Morgan fingerprint density at radius 3 is 1.37 bits per heavy atom. The number of rotatable bonds is 8. The van der Waals surface area contributed by atoms with Crippen LogP contribution in [-0.4, -0.2) is 18.1 Å². The lowest BCUT2D eigenvalue weighted by Crippen LogP contribution is -2.20. The molecule has 0 saturated heterocycles. The van der Waals surface area contributed by atoms with E-state index < -0.39 is 21.0 Å². The van der Waals surface area contributed by atoms with E-state index in [0.717, 1.165) is 36.9 Å². The van der Waals surface area contributed by atoms with Gasteiger partial charge in [0.15, 0.2) is 14.7 Å². The normalized spacial score (nSPS) is 12.3. The van der Waals surface area contributed by atoms with Crippen LogP contribution >= 0.6 is 0 Å². The molecule has 0 amide bonds. The Balaban J connectivity index is 2.42. The molecule has 0 bridgehead atoms. The second-order valence-corrected chi connectivity index (χ2v) is 15.9. The standard InChI is InChI=1S/C37H44O4S2/c1-21(2)31-32(22(3)4)36(42(29-15-11-24(7)12-16-29)30-17-13-25(8)14-18-30)34(28-19-26(9)35(38)27(10)20-28)37(43(39,40)41)33(31)23(5)6/h11-23H,1-10H3,(H-,38,39,40,41)/p+1. The lowest BCUT2D eigenvalue weighted by Gasteiger charge is -2.30. The molecule has 2 N–H and O–H groups in total. The maximum Gasteiger partial charge on any atom is 0.295 e. The van der Waals surface area contributed by atoms with Crippen LogP contribution in [0.4, 0.5) is 0 Å². The van der Waals surface area contributed by atoms with Gasteiger partial charge in [-0.1, -0.05) is 76.9 Å². The Morgan fingerprint density at radius 1 is 0.628 bits per heavy atom. The first kappa shape index (κ1) is 32.8. The van der Waals surface area contributed by atoms with E-state index in [-0.39, 0.29) is 28.4 Å². The summed E-state index contributed by atoms with van der Waals surface area (Å²) in [5.74, 6) is 0.0818. The third-order valence-corrected chi connectivity index (χ3v) is 11.3. The van der Waals surface area contributed by atoms with E-state index >= 15 is 0 Å². The first-order valence-electron chi connectivity index (χ1n) is 14.9. The fraction of sp³-hybridized carbons (Fsp3) is 0.351. The van der Waals surface area contributed by atoms with Gasteiger partial charge in [-0.15, -0.1) is 0 Å². The van der Waals surface area contributed by atoms with Crippen molar-refractivity contribution in [3.05, 3.63) is 99.6 Å². The van der Waals surface area contributed by atoms with E-state index in [1.165, 1.54) is 0 Å². The van der Waals surface area contributed by atoms with Gasteiger partial charge in [0.25, 0.3) is 10.1 Å². The molecule has 43 heavy (non-hydrogen) atoms. The van der Waals surface area contributed by atoms with Gasteiger partial charge in [-0.25, -0.2) is 0 Å². The van der Waals surface area contributed by atoms with Crippen LogP contribution in [0, 0.1) is 27.7 Å². The largest absolute Gasteiger partial charge is 0.507 e. The number of phenolic OH excluding ortho intramolecular Hbond substituents is 1. The van der Waals surface area contributed by atoms with E-state index in [1.54, 1.807) is 0 Å². The van der Waals surface area contributed by atoms with Crippen molar-refractivity contribution in [1.29, 1.82) is 0 Å². The highest BCUT2D eigenvalue weighted by atomic mass is 32.2. The van der Waals surface area contributed by atoms with Gasteiger partial charge in [0.2, 0.25) is 0 Å². The van der Waals surface area contributed by atoms with E-state index in [9.17, 15) is 18.1 Å². The van der Waals surface area contributed by atoms with Crippen molar-refractivity contribution in [2.24, 2.45) is 0 Å². The molecule has 0 aliphatic heterocycles. The summed E-state index contributed by atoms with van der Waals surface area (Å²) < 4.78 is 38.5. The zero-order valence-electron chi connectivity index (χ0n) is 27.0. The highest BCUT2D eigenvalue weighted by molar-refractivity contribution is 7.97. The molecule has 0 atom stereocenters. The van der Waals surface area contributed by atoms with Gasteiger partial charge in [-0.2, -0.15) is 8.42 Å². The average molecular weight is 618 g/mol. The van der Waals surface area contributed by atoms with Crippen LogP contribution in [0.1, 0.15) is 98.2 Å². The summed E-state index contributed by atoms with van der Waals surface area (Å²) in [6.07, 6.45) is 0. The molecule has 228 valence electrons. The van der Waals surface area contributed by atoms with E-state index in [0.29, 0.717) is 27.8 Å². The zero-order valence-corrected chi connectivity index (χ0v) is 28.7. The van der Waals surface area contributed by atoms with Gasteiger partial charge in [-0.05, 0) is 110 Å². The zero-order chi connectivity index (χ0) is 32.0. The van der Waals surface area contributed by atoms with Crippen molar-refractivity contribution in [3.8, 4) is 16.9 Å². The number of benzene rings is 4. The smallest absolute Gasteiger partial charge is 0.295 e. The molecule has 6 heteroatoms. The Kier molecular flexibility index (Phi) is 9.55. The third kappa shape index (κ3) is 6.43. The van der Waals surface area contributed by atoms with E-state index in [2.05, 4.69) is 90.1 Å². The molecule has 0 unspecified atom stereocenters. The fourth-order valence-corrected chi connectivity index (χ4v) is 9.81. The molecule has 0 aliphatic rings. The molecule has 4 aromatic carbocycles. The summed E-state index contributed by atoms with van der Waals surface area (Å²) in [4.78, 5) is 3.02. The minimum absolute atomic E-state index is 0.00729. The van der Waals surface area contributed by atoms with E-state index in [1.807, 2.05) is 39.8 Å². The van der Waals surface area contributed by atoms with Gasteiger partial charge in [0.05, 0.1) is 5.56 Å². The maximum atomic E-state index is 13.7. The van der Waals surface area contributed by atoms with Crippen LogP contribution in [0.5, 0.6) is 5.75 Å². The average Bonchev–Trinajstić information content (AvgIpc) is 2.91. The summed E-state index contributed by atoms with van der Waals surface area (Å²) in [6.45, 7) is 20.3. The van der Waals surface area contributed by atoms with Gasteiger partial charge in [-0.3, -0.25) is 4.55 Å². The van der Waals surface area contributed by atoms with Crippen molar-refractivity contribution in [2.45, 2.75) is 107 Å². The van der Waals surface area contributed by atoms with Crippen molar-refractivity contribution in [3.63, 3.8) is 0 Å². The first-order chi connectivity index (χ1) is 20.0. The SMILES string of the molecule is Cc1ccc([S+](c2ccc(C)cc2)c2c(-c3cc(C)c(O)c(C)c3)c(S(=O)(=O)O)c(C(C)C)c(C(C)C)c2C(C)C)cc1. The van der Waals surface area contributed by atoms with Gasteiger partial charge < -0.3 is 5.11 Å². The number of hydrogen-bond acceptors (Lipinski definition) is 3. The monoisotopic (exact) mass is 617 g/mol. The topological polar surface area (TPSA) is 74.6 Å². The molecule has 4 rings (SSSR count). The molecule has 0 radical (unpaired) electrons. The van der Waals surface area contributed by atoms with E-state index in [4.69, 9.17) is 0 Å². The summed E-state index contributed by atoms with van der Waals surface area (Å²) in [5.41, 5.74) is 7.55. The number of hydrogen-bond donors (Lipinski definition) is 2. The summed E-state index contributed by atoms with van der Waals surface area (Å²) in [7, 11) is -5.41. The van der Waals surface area contributed by atoms with Gasteiger partial charge in [0, 0.05) is 5.56 Å². The van der Waals surface area contributed by atoms with Crippen LogP contribution in [0.3, 0.4) is 0 Å². The Hall–Kier alpha value is -3.06. The Morgan fingerprint density at radius 2 is 1.02 bits per heavy atom. The minimum atomic E-state index is -4.68. The maximum absolute atomic E-state index is 13.7. The molecular formula is C37H45O4S2+. The van der Waals surface area contributed by atoms with Crippen LogP contribution in [0.15, 0.2) is 80.2 Å². The van der Waals surface area contributed by atoms with Crippen molar-refractivity contribution < 1.29 is 18.1 Å². The molecule has 0 saturated carbocycles. The second kappa shape index (κ2) is 12.5. The highest BCUT2D eigenvalue weighted by Crippen LogP contribution is 2.51. The fourth-order valence-electron chi connectivity index (χ4n) is 6.09. The quantitative estimate of drug-likeness (QED) is 0.152. The summed E-state index contributed by atoms with van der Waals surface area (Å²) in [6, 6.07) is 20.7. The molecule has 4 nitrogen and oxygen atoms in total. The Labute approximate surface area is 261 Å². The van der Waals surface area contributed by atoms with Crippen molar-refractivity contribution >= 4 is 21.0 Å². The predicted molar refractivity (Wildman–Crippen MR) is 180 cm³/mol. The van der Waals surface area contributed by atoms with Crippen LogP contribution in [0.25, 0.3) is 11.1 Å². The van der Waals surface area contributed by atoms with Crippen LogP contribution < -0.4 is 0 Å². The highest BCUT2D eigenvalue weighted by Gasteiger charge is 2.43. The van der Waals surface area contributed by atoms with Crippen molar-refractivity contribution in [1.82, 2.24) is 0 Å². The summed E-state index contributed by atoms with van der Waals surface area (Å²) >= 11 is 0. The number of aryl methyl sites for hydroxylation is 4. The molecular weight excluding hydrogens is 573 g/mol. The van der Waals surface area contributed by atoms with Crippen LogP contribution in [0.2, 0.25) is 0 Å². The molecule has 0 aromatic heterocycles. The number of aromatic hydroxyl groups is 1. The lowest BCUT2D eigenvalue weighted by molar-refractivity contribution is 0.467. The molecule has 0 aliphatic carbocycles. The molecule has 0 spiro atoms. The summed E-state index contributed by atoms with van der Waals surface area (Å²) in [5, 5.41) is 10.7. The minimum Gasteiger partial charge on any atom is -0.507 e. The predicted octanol–water partition coefficient (Wildman–Crippen LogP) is 10.0. The van der Waals surface area contributed by atoms with Gasteiger partial charge >= 0.3 is 0 Å². The van der Waals surface area contributed by atoms with Crippen molar-refractivity contribution in [2.75, 3.05) is 0 Å². The van der Waals surface area contributed by atoms with Crippen LogP contribution in [-0.2, 0) is 21.0 Å². The number of phenols is 1. The lowest BCUT2D eigenvalue weighted by atomic mass is 9.80.